The first-order valence-electron chi connectivity index (χ1n) is 12.0. The Morgan fingerprint density at radius 2 is 1.89 bits per heavy atom. The molecule has 0 amide bonds. The Hall–Kier alpha value is -2.65. The van der Waals surface area contributed by atoms with Gasteiger partial charge < -0.3 is 48.3 Å². The van der Waals surface area contributed by atoms with Gasteiger partial charge in [-0.1, -0.05) is 56.3 Å². The molecule has 0 radical (unpaired) electrons. The van der Waals surface area contributed by atoms with Gasteiger partial charge in [0.05, 0.1) is 38.1 Å². The van der Waals surface area contributed by atoms with Crippen LogP contribution in [0.1, 0.15) is 38.3 Å². The molecule has 2 aromatic rings. The molecule has 8 nitrogen and oxygen atoms in total. The summed E-state index contributed by atoms with van der Waals surface area (Å²) in [5, 5.41) is 21.5. The molecular formula is C27H41ClN2O6. The van der Waals surface area contributed by atoms with Crippen molar-refractivity contribution in [1.29, 1.82) is 0 Å². The average molecular weight is 525 g/mol. The maximum Gasteiger partial charge on any atom is 0.361 e. The number of aliphatic carboxylic acids is 1. The van der Waals surface area contributed by atoms with Crippen LogP contribution in [0.15, 0.2) is 54.6 Å². The SMILES string of the molecule is CCOC(=O)C[NH3+].C[C@H]1C[NH+](C[C@H](Cc2ccccc2)C(=O)[O-])CC[C@@]1(C)c1cccc(O)c1.O.[Cl-]. The summed E-state index contributed by atoms with van der Waals surface area (Å²) in [5.41, 5.74) is 5.53. The third-order valence-electron chi connectivity index (χ3n) is 6.89. The number of halogens is 1. The molecule has 0 saturated carbocycles. The van der Waals surface area contributed by atoms with Crippen LogP contribution in [0.3, 0.4) is 0 Å². The summed E-state index contributed by atoms with van der Waals surface area (Å²) in [6.07, 6.45) is 1.49. The van der Waals surface area contributed by atoms with E-state index in [0.29, 0.717) is 31.2 Å². The number of hydrogen-bond acceptors (Lipinski definition) is 5. The minimum Gasteiger partial charge on any atom is -1.00 e. The number of aromatic hydroxyl groups is 1. The molecule has 3 rings (SSSR count). The van der Waals surface area contributed by atoms with E-state index in [1.807, 2.05) is 42.5 Å². The van der Waals surface area contributed by atoms with Gasteiger partial charge in [-0.3, -0.25) is 0 Å². The molecule has 1 aliphatic heterocycles. The van der Waals surface area contributed by atoms with Crippen LogP contribution in [-0.2, 0) is 26.2 Å². The van der Waals surface area contributed by atoms with Gasteiger partial charge >= 0.3 is 5.97 Å². The Morgan fingerprint density at radius 3 is 2.39 bits per heavy atom. The molecule has 4 atom stereocenters. The Morgan fingerprint density at radius 1 is 1.22 bits per heavy atom. The van der Waals surface area contributed by atoms with Crippen LogP contribution >= 0.6 is 0 Å². The summed E-state index contributed by atoms with van der Waals surface area (Å²) in [6, 6.07) is 17.3. The molecule has 0 aromatic heterocycles. The zero-order valence-electron chi connectivity index (χ0n) is 21.5. The fourth-order valence-corrected chi connectivity index (χ4v) is 4.64. The van der Waals surface area contributed by atoms with Crippen molar-refractivity contribution >= 4 is 11.9 Å². The number of esters is 1. The number of piperidine rings is 1. The minimum atomic E-state index is -0.958. The Labute approximate surface area is 220 Å². The minimum absolute atomic E-state index is 0. The first-order valence-corrected chi connectivity index (χ1v) is 12.0. The van der Waals surface area contributed by atoms with Crippen LogP contribution in [-0.4, -0.2) is 55.3 Å². The lowest BCUT2D eigenvalue weighted by atomic mass is 9.68. The summed E-state index contributed by atoms with van der Waals surface area (Å²) in [4.78, 5) is 23.1. The highest BCUT2D eigenvalue weighted by atomic mass is 35.5. The first-order chi connectivity index (χ1) is 16.2. The van der Waals surface area contributed by atoms with Gasteiger partial charge in [-0.25, -0.2) is 4.79 Å². The highest BCUT2D eigenvalue weighted by molar-refractivity contribution is 5.69. The smallest absolute Gasteiger partial charge is 0.361 e. The Kier molecular flexibility index (Phi) is 15.0. The lowest BCUT2D eigenvalue weighted by molar-refractivity contribution is -0.913. The lowest BCUT2D eigenvalue weighted by Gasteiger charge is -2.43. The van der Waals surface area contributed by atoms with Crippen molar-refractivity contribution in [3.05, 3.63) is 65.7 Å². The number of likely N-dealkylation sites (tertiary alicyclic amines) is 1. The number of phenols is 1. The van der Waals surface area contributed by atoms with E-state index in [1.165, 1.54) is 4.90 Å². The first kappa shape index (κ1) is 33.4. The lowest BCUT2D eigenvalue weighted by Crippen LogP contribution is -3.15. The van der Waals surface area contributed by atoms with Crippen LogP contribution in [0.25, 0.3) is 0 Å². The van der Waals surface area contributed by atoms with E-state index < -0.39 is 11.9 Å². The Bertz CT molecular complexity index is 929. The summed E-state index contributed by atoms with van der Waals surface area (Å²) in [6.45, 7) is 9.38. The second-order valence-corrected chi connectivity index (χ2v) is 9.29. The van der Waals surface area contributed by atoms with E-state index in [1.54, 1.807) is 13.0 Å². The number of quaternary nitrogens is 2. The number of hydrogen-bond donors (Lipinski definition) is 3. The average Bonchev–Trinajstić information content (AvgIpc) is 2.82. The number of carbonyl (C=O) groups is 2. The van der Waals surface area contributed by atoms with Gasteiger partial charge in [0.1, 0.15) is 5.75 Å². The third kappa shape index (κ3) is 9.78. The predicted octanol–water partition coefficient (Wildman–Crippen LogP) is -3.85. The van der Waals surface area contributed by atoms with E-state index in [4.69, 9.17) is 0 Å². The quantitative estimate of drug-likeness (QED) is 0.302. The van der Waals surface area contributed by atoms with Gasteiger partial charge in [-0.15, -0.1) is 0 Å². The molecule has 1 fully saturated rings. The van der Waals surface area contributed by atoms with Crippen LogP contribution in [0.5, 0.6) is 5.75 Å². The molecular weight excluding hydrogens is 484 g/mol. The van der Waals surface area contributed by atoms with E-state index in [2.05, 4.69) is 30.4 Å². The zero-order valence-corrected chi connectivity index (χ0v) is 22.2. The second-order valence-electron chi connectivity index (χ2n) is 9.29. The van der Waals surface area contributed by atoms with Gasteiger partial charge in [0.2, 0.25) is 0 Å². The molecule has 0 spiro atoms. The summed E-state index contributed by atoms with van der Waals surface area (Å²) in [5.74, 6) is -0.972. The number of rotatable bonds is 8. The van der Waals surface area contributed by atoms with Crippen LogP contribution in [0.4, 0.5) is 0 Å². The molecule has 0 aliphatic carbocycles. The van der Waals surface area contributed by atoms with Gasteiger partial charge in [0, 0.05) is 17.8 Å². The zero-order chi connectivity index (χ0) is 25.1. The molecule has 36 heavy (non-hydrogen) atoms. The van der Waals surface area contributed by atoms with Crippen molar-refractivity contribution in [2.75, 3.05) is 32.8 Å². The largest absolute Gasteiger partial charge is 1.00 e. The number of phenolic OH excluding ortho intramolecular Hbond substituents is 1. The molecule has 202 valence electrons. The molecule has 2 aromatic carbocycles. The fourth-order valence-electron chi connectivity index (χ4n) is 4.64. The number of carboxylic acid groups (broad SMARTS) is 1. The second kappa shape index (κ2) is 16.2. The van der Waals surface area contributed by atoms with Crippen molar-refractivity contribution < 1.29 is 53.1 Å². The maximum atomic E-state index is 11.7. The van der Waals surface area contributed by atoms with Gasteiger partial charge in [0.15, 0.2) is 6.54 Å². The molecule has 0 bridgehead atoms. The van der Waals surface area contributed by atoms with Crippen molar-refractivity contribution in [1.82, 2.24) is 0 Å². The predicted molar refractivity (Wildman–Crippen MR) is 131 cm³/mol. The topological polar surface area (TPSA) is 150 Å². The van der Waals surface area contributed by atoms with Gasteiger partial charge in [-0.05, 0) is 36.6 Å². The molecule has 7 N–H and O–H groups in total. The molecule has 1 unspecified atom stereocenters. The normalized spacial score (nSPS) is 21.4. The van der Waals surface area contributed by atoms with E-state index >= 15 is 0 Å². The van der Waals surface area contributed by atoms with Crippen molar-refractivity contribution in [2.24, 2.45) is 11.8 Å². The van der Waals surface area contributed by atoms with Crippen LogP contribution in [0, 0.1) is 11.8 Å². The highest BCUT2D eigenvalue weighted by Gasteiger charge is 2.41. The van der Waals surface area contributed by atoms with Gasteiger partial charge in [0.25, 0.3) is 0 Å². The summed E-state index contributed by atoms with van der Waals surface area (Å²) >= 11 is 0. The van der Waals surface area contributed by atoms with Gasteiger partial charge in [-0.2, -0.15) is 0 Å². The van der Waals surface area contributed by atoms with E-state index in [-0.39, 0.29) is 35.8 Å². The molecule has 1 saturated heterocycles. The standard InChI is InChI=1S/C23H29NO3.C4H9NO2.ClH.H2O/c1-17-15-24(12-11-23(17,2)20-9-6-10-21(25)14-20)16-19(22(26)27)13-18-7-4-3-5-8-18;1-2-7-4(6)3-5;;/h3-10,14,17,19,25H,11-13,15-16H2,1-2H3,(H,26,27);2-3,5H2,1H3;1H;1H2/t17-,19-,23+;;;/m0.../s1. The van der Waals surface area contributed by atoms with Crippen molar-refractivity contribution in [2.45, 2.75) is 39.0 Å². The van der Waals surface area contributed by atoms with Crippen molar-refractivity contribution in [3.8, 4) is 5.75 Å². The van der Waals surface area contributed by atoms with E-state index in [9.17, 15) is 19.8 Å². The number of carbonyl (C=O) groups excluding carboxylic acids is 2. The van der Waals surface area contributed by atoms with E-state index in [0.717, 1.165) is 30.6 Å². The molecule has 9 heteroatoms. The number of carboxylic acids is 1. The number of nitrogens with one attached hydrogen (secondary N) is 1. The third-order valence-corrected chi connectivity index (χ3v) is 6.89. The monoisotopic (exact) mass is 524 g/mol. The maximum absolute atomic E-state index is 11.7. The molecule has 1 heterocycles. The van der Waals surface area contributed by atoms with Crippen molar-refractivity contribution in [3.63, 3.8) is 0 Å². The van der Waals surface area contributed by atoms with Crippen LogP contribution in [0.2, 0.25) is 0 Å². The molecule has 1 aliphatic rings. The van der Waals surface area contributed by atoms with Crippen LogP contribution < -0.4 is 28.1 Å². The highest BCUT2D eigenvalue weighted by Crippen LogP contribution is 2.37. The fraction of sp³-hybridized carbons (Fsp3) is 0.481. The summed E-state index contributed by atoms with van der Waals surface area (Å²) in [7, 11) is 0. The number of ether oxygens (including phenoxy) is 1. The summed E-state index contributed by atoms with van der Waals surface area (Å²) < 4.78 is 4.49. The Balaban J connectivity index is 0.00000120. The number of benzene rings is 2.